The molecule has 1 heterocycles. The predicted octanol–water partition coefficient (Wildman–Crippen LogP) is 3.56. The van der Waals surface area contributed by atoms with E-state index in [0.29, 0.717) is 33.8 Å². The van der Waals surface area contributed by atoms with Crippen LogP contribution >= 0.6 is 15.9 Å². The van der Waals surface area contributed by atoms with Crippen LogP contribution < -0.4 is 19.1 Å². The van der Waals surface area contributed by atoms with E-state index >= 15 is 0 Å². The Hall–Kier alpha value is -2.26. The quantitative estimate of drug-likeness (QED) is 0.724. The minimum atomic E-state index is -3.91. The van der Waals surface area contributed by atoms with Crippen LogP contribution in [0.5, 0.6) is 11.5 Å². The first kappa shape index (κ1) is 20.5. The second-order valence-electron chi connectivity index (χ2n) is 6.53. The number of fused-ring (bicyclic) bond motifs is 1. The fourth-order valence-corrected chi connectivity index (χ4v) is 5.57. The molecule has 9 heteroatoms. The Kier molecular flexibility index (Phi) is 5.58. The Balaban J connectivity index is 2.00. The van der Waals surface area contributed by atoms with Crippen molar-refractivity contribution in [1.82, 2.24) is 0 Å². The SMILES string of the molecule is COc1ccc(NS(=O)(=O)c2cc3c(cc2Br)C[C@@H](C)N3C(C)=O)cc1OC. The van der Waals surface area contributed by atoms with Gasteiger partial charge in [0.05, 0.1) is 19.9 Å². The standard InChI is InChI=1S/C19H21BrN2O5S/c1-11-7-13-8-15(20)19(10-16(13)22(11)12(2)23)28(24,25)21-14-5-6-17(26-3)18(9-14)27-4/h5-6,8-11,21H,7H2,1-4H3/t11-/m1/s1. The maximum Gasteiger partial charge on any atom is 0.263 e. The molecule has 3 rings (SSSR count). The van der Waals surface area contributed by atoms with E-state index in [1.807, 2.05) is 6.92 Å². The van der Waals surface area contributed by atoms with Crippen LogP contribution in [-0.4, -0.2) is 34.6 Å². The molecular weight excluding hydrogens is 448 g/mol. The first-order valence-electron chi connectivity index (χ1n) is 8.55. The first-order chi connectivity index (χ1) is 13.2. The van der Waals surface area contributed by atoms with Crippen molar-refractivity contribution in [2.24, 2.45) is 0 Å². The number of nitrogens with zero attached hydrogens (tertiary/aromatic N) is 1. The third-order valence-electron chi connectivity index (χ3n) is 4.61. The lowest BCUT2D eigenvalue weighted by Gasteiger charge is -2.21. The molecule has 2 aromatic rings. The molecule has 1 atom stereocenters. The number of rotatable bonds is 5. The number of hydrogen-bond acceptors (Lipinski definition) is 5. The van der Waals surface area contributed by atoms with Gasteiger partial charge in [-0.2, -0.15) is 0 Å². The van der Waals surface area contributed by atoms with Crippen molar-refractivity contribution in [3.8, 4) is 11.5 Å². The van der Waals surface area contributed by atoms with Gasteiger partial charge in [-0.1, -0.05) is 0 Å². The second-order valence-corrected chi connectivity index (χ2v) is 9.03. The summed E-state index contributed by atoms with van der Waals surface area (Å²) in [4.78, 5) is 13.7. The van der Waals surface area contributed by atoms with Crippen LogP contribution in [-0.2, 0) is 21.2 Å². The highest BCUT2D eigenvalue weighted by Crippen LogP contribution is 2.39. The average molecular weight is 469 g/mol. The number of carbonyl (C=O) groups excluding carboxylic acids is 1. The molecule has 1 aliphatic heterocycles. The molecule has 1 N–H and O–H groups in total. The summed E-state index contributed by atoms with van der Waals surface area (Å²) < 4.78 is 39.4. The highest BCUT2D eigenvalue weighted by molar-refractivity contribution is 9.10. The topological polar surface area (TPSA) is 84.9 Å². The molecule has 0 aliphatic carbocycles. The number of carbonyl (C=O) groups is 1. The largest absolute Gasteiger partial charge is 0.493 e. The number of methoxy groups -OCH3 is 2. The summed E-state index contributed by atoms with van der Waals surface area (Å²) >= 11 is 3.36. The minimum Gasteiger partial charge on any atom is -0.493 e. The molecule has 0 fully saturated rings. The smallest absolute Gasteiger partial charge is 0.263 e. The molecule has 0 saturated heterocycles. The summed E-state index contributed by atoms with van der Waals surface area (Å²) in [6.45, 7) is 3.41. The van der Waals surface area contributed by atoms with E-state index in [0.717, 1.165) is 5.56 Å². The number of amides is 1. The van der Waals surface area contributed by atoms with Gasteiger partial charge in [0.2, 0.25) is 5.91 Å². The maximum atomic E-state index is 13.0. The molecule has 2 aromatic carbocycles. The molecule has 1 aliphatic rings. The van der Waals surface area contributed by atoms with Crippen LogP contribution in [0, 0.1) is 0 Å². The van der Waals surface area contributed by atoms with Crippen molar-refractivity contribution in [2.75, 3.05) is 23.8 Å². The summed E-state index contributed by atoms with van der Waals surface area (Å²) in [7, 11) is -0.926. The number of hydrogen-bond donors (Lipinski definition) is 1. The Labute approximate surface area is 172 Å². The molecule has 28 heavy (non-hydrogen) atoms. The Morgan fingerprint density at radius 3 is 2.46 bits per heavy atom. The molecule has 0 saturated carbocycles. The van der Waals surface area contributed by atoms with Crippen LogP contribution in [0.25, 0.3) is 0 Å². The van der Waals surface area contributed by atoms with E-state index in [9.17, 15) is 13.2 Å². The molecule has 0 bridgehead atoms. The van der Waals surface area contributed by atoms with Gasteiger partial charge < -0.3 is 14.4 Å². The molecule has 0 unspecified atom stereocenters. The highest BCUT2D eigenvalue weighted by Gasteiger charge is 2.32. The summed E-state index contributed by atoms with van der Waals surface area (Å²) in [6, 6.07) is 8.03. The van der Waals surface area contributed by atoms with Gasteiger partial charge in [0.1, 0.15) is 4.90 Å². The molecule has 0 radical (unpaired) electrons. The fourth-order valence-electron chi connectivity index (χ4n) is 3.41. The number of nitrogens with one attached hydrogen (secondary N) is 1. The van der Waals surface area contributed by atoms with E-state index in [1.54, 1.807) is 29.2 Å². The van der Waals surface area contributed by atoms with Crippen molar-refractivity contribution in [1.29, 1.82) is 0 Å². The Morgan fingerprint density at radius 1 is 1.18 bits per heavy atom. The number of sulfonamides is 1. The lowest BCUT2D eigenvalue weighted by Crippen LogP contribution is -2.33. The number of halogens is 1. The van der Waals surface area contributed by atoms with Gasteiger partial charge in [0.15, 0.2) is 11.5 Å². The van der Waals surface area contributed by atoms with Crippen molar-refractivity contribution in [2.45, 2.75) is 31.2 Å². The monoisotopic (exact) mass is 468 g/mol. The van der Waals surface area contributed by atoms with E-state index in [2.05, 4.69) is 20.7 Å². The van der Waals surface area contributed by atoms with E-state index in [4.69, 9.17) is 9.47 Å². The second kappa shape index (κ2) is 7.63. The lowest BCUT2D eigenvalue weighted by atomic mass is 10.1. The van der Waals surface area contributed by atoms with Crippen LogP contribution in [0.3, 0.4) is 0 Å². The van der Waals surface area contributed by atoms with Crippen molar-refractivity contribution >= 4 is 43.2 Å². The van der Waals surface area contributed by atoms with Crippen LogP contribution in [0.4, 0.5) is 11.4 Å². The summed E-state index contributed by atoms with van der Waals surface area (Å²) in [5, 5.41) is 0. The Bertz CT molecular complexity index is 1040. The average Bonchev–Trinajstić information content (AvgIpc) is 2.95. The Morgan fingerprint density at radius 2 is 1.86 bits per heavy atom. The molecule has 0 spiro atoms. The van der Waals surface area contributed by atoms with Crippen LogP contribution in [0.2, 0.25) is 0 Å². The normalized spacial score (nSPS) is 15.9. The number of anilines is 2. The number of benzene rings is 2. The van der Waals surface area contributed by atoms with Gasteiger partial charge >= 0.3 is 0 Å². The van der Waals surface area contributed by atoms with Crippen LogP contribution in [0.15, 0.2) is 39.7 Å². The summed E-state index contributed by atoms with van der Waals surface area (Å²) in [5.41, 5.74) is 1.89. The van der Waals surface area contributed by atoms with Gasteiger partial charge in [-0.3, -0.25) is 9.52 Å². The summed E-state index contributed by atoms with van der Waals surface area (Å²) in [5.74, 6) is 0.785. The van der Waals surface area contributed by atoms with Crippen molar-refractivity contribution < 1.29 is 22.7 Å². The first-order valence-corrected chi connectivity index (χ1v) is 10.8. The van der Waals surface area contributed by atoms with E-state index in [-0.39, 0.29) is 16.8 Å². The van der Waals surface area contributed by atoms with Gasteiger partial charge in [0.25, 0.3) is 10.0 Å². The van der Waals surface area contributed by atoms with Crippen LogP contribution in [0.1, 0.15) is 19.4 Å². The molecule has 7 nitrogen and oxygen atoms in total. The summed E-state index contributed by atoms with van der Waals surface area (Å²) in [6.07, 6.45) is 0.678. The fraction of sp³-hybridized carbons (Fsp3) is 0.316. The third-order valence-corrected chi connectivity index (χ3v) is 6.95. The number of ether oxygens (including phenoxy) is 2. The minimum absolute atomic E-state index is 0.0174. The van der Waals surface area contributed by atoms with Gasteiger partial charge in [-0.25, -0.2) is 8.42 Å². The molecular formula is C19H21BrN2O5S. The van der Waals surface area contributed by atoms with E-state index < -0.39 is 10.0 Å². The predicted molar refractivity (Wildman–Crippen MR) is 111 cm³/mol. The van der Waals surface area contributed by atoms with Crippen molar-refractivity contribution in [3.63, 3.8) is 0 Å². The van der Waals surface area contributed by atoms with Crippen molar-refractivity contribution in [3.05, 3.63) is 40.4 Å². The van der Waals surface area contributed by atoms with Gasteiger partial charge in [-0.05, 0) is 59.1 Å². The highest BCUT2D eigenvalue weighted by atomic mass is 79.9. The van der Waals surface area contributed by atoms with Gasteiger partial charge in [0, 0.05) is 29.2 Å². The molecule has 1 amide bonds. The zero-order valence-corrected chi connectivity index (χ0v) is 18.3. The maximum absolute atomic E-state index is 13.0. The zero-order valence-electron chi connectivity index (χ0n) is 15.9. The zero-order chi connectivity index (χ0) is 20.6. The third kappa shape index (κ3) is 3.68. The van der Waals surface area contributed by atoms with Gasteiger partial charge in [-0.15, -0.1) is 0 Å². The molecule has 0 aromatic heterocycles. The molecule has 150 valence electrons. The van der Waals surface area contributed by atoms with E-state index in [1.165, 1.54) is 27.2 Å². The lowest BCUT2D eigenvalue weighted by molar-refractivity contribution is -0.116.